The summed E-state index contributed by atoms with van der Waals surface area (Å²) in [6, 6.07) is -0.624. The molecule has 468 valence electrons. The van der Waals surface area contributed by atoms with Crippen molar-refractivity contribution in [2.75, 3.05) is 13.2 Å². The van der Waals surface area contributed by atoms with Crippen LogP contribution >= 0.6 is 0 Å². The van der Waals surface area contributed by atoms with Crippen LogP contribution in [0.15, 0.2) is 24.3 Å². The third-order valence-corrected chi connectivity index (χ3v) is 17.0. The third kappa shape index (κ3) is 65.4. The molecule has 0 radical (unpaired) electrons. The molecule has 1 amide bonds. The number of ether oxygens (including phenoxy) is 1. The Morgan fingerprint density at radius 3 is 0.937 bits per heavy atom. The lowest BCUT2D eigenvalue weighted by Crippen LogP contribution is -2.45. The maximum absolute atomic E-state index is 12.5. The van der Waals surface area contributed by atoms with Crippen molar-refractivity contribution >= 4 is 11.9 Å². The molecule has 0 rings (SSSR count). The Labute approximate surface area is 494 Å². The van der Waals surface area contributed by atoms with Crippen molar-refractivity contribution in [2.45, 2.75) is 418 Å². The molecule has 0 aliphatic carbocycles. The van der Waals surface area contributed by atoms with E-state index >= 15 is 0 Å². The first-order valence-electron chi connectivity index (χ1n) is 36.1. The van der Waals surface area contributed by atoms with Gasteiger partial charge in [-0.25, -0.2) is 0 Å². The molecule has 0 heterocycles. The molecule has 0 aromatic rings. The minimum absolute atomic E-state index is 0.0108. The second-order valence-corrected chi connectivity index (χ2v) is 24.9. The molecule has 6 heteroatoms. The van der Waals surface area contributed by atoms with Crippen molar-refractivity contribution < 1.29 is 24.5 Å². The number of hydrogen-bond acceptors (Lipinski definition) is 5. The zero-order valence-corrected chi connectivity index (χ0v) is 53.6. The Morgan fingerprint density at radius 1 is 0.342 bits per heavy atom. The van der Waals surface area contributed by atoms with E-state index in [1.54, 1.807) is 6.08 Å². The normalized spacial score (nSPS) is 12.6. The molecule has 0 saturated heterocycles. The van der Waals surface area contributed by atoms with E-state index < -0.39 is 12.1 Å². The molecule has 3 N–H and O–H groups in total. The van der Waals surface area contributed by atoms with E-state index in [0.717, 1.165) is 44.9 Å². The fourth-order valence-corrected chi connectivity index (χ4v) is 11.4. The number of amides is 1. The van der Waals surface area contributed by atoms with E-state index in [9.17, 15) is 19.8 Å². The summed E-state index contributed by atoms with van der Waals surface area (Å²) in [5, 5.41) is 23.2. The van der Waals surface area contributed by atoms with Gasteiger partial charge in [0, 0.05) is 12.8 Å². The van der Waals surface area contributed by atoms with Crippen LogP contribution in [0.3, 0.4) is 0 Å². The van der Waals surface area contributed by atoms with Crippen LogP contribution in [0.5, 0.6) is 0 Å². The molecule has 0 aromatic carbocycles. The summed E-state index contributed by atoms with van der Waals surface area (Å²) >= 11 is 0. The first kappa shape index (κ1) is 77.3. The minimum Gasteiger partial charge on any atom is -0.466 e. The maximum Gasteiger partial charge on any atom is 0.305 e. The van der Waals surface area contributed by atoms with E-state index in [1.807, 2.05) is 6.08 Å². The summed E-state index contributed by atoms with van der Waals surface area (Å²) in [5.41, 5.74) is 0. The molecular formula is C73H141NO5. The predicted molar refractivity (Wildman–Crippen MR) is 347 cm³/mol. The Bertz CT molecular complexity index is 1230. The van der Waals surface area contributed by atoms with Crippen LogP contribution in [-0.4, -0.2) is 47.4 Å². The zero-order valence-electron chi connectivity index (χ0n) is 53.6. The topological polar surface area (TPSA) is 95.9 Å². The number of aliphatic hydroxyl groups excluding tert-OH is 2. The lowest BCUT2D eigenvalue weighted by Gasteiger charge is -2.20. The molecule has 0 aliphatic heterocycles. The van der Waals surface area contributed by atoms with Gasteiger partial charge >= 0.3 is 5.97 Å². The minimum atomic E-state index is -0.841. The van der Waals surface area contributed by atoms with Crippen molar-refractivity contribution in [3.63, 3.8) is 0 Å². The van der Waals surface area contributed by atoms with Gasteiger partial charge in [-0.2, -0.15) is 0 Å². The first-order valence-corrected chi connectivity index (χ1v) is 36.1. The quantitative estimate of drug-likeness (QED) is 0.0320. The van der Waals surface area contributed by atoms with Gasteiger partial charge in [-0.05, 0) is 51.4 Å². The van der Waals surface area contributed by atoms with Crippen molar-refractivity contribution in [2.24, 2.45) is 0 Å². The predicted octanol–water partition coefficient (Wildman–Crippen LogP) is 23.3. The van der Waals surface area contributed by atoms with Gasteiger partial charge in [-0.1, -0.05) is 366 Å². The van der Waals surface area contributed by atoms with Gasteiger partial charge in [-0.15, -0.1) is 0 Å². The van der Waals surface area contributed by atoms with Gasteiger partial charge in [0.15, 0.2) is 0 Å². The van der Waals surface area contributed by atoms with Gasteiger partial charge in [0.1, 0.15) is 0 Å². The third-order valence-electron chi connectivity index (χ3n) is 17.0. The lowest BCUT2D eigenvalue weighted by atomic mass is 10.0. The first-order chi connectivity index (χ1) is 39.0. The highest BCUT2D eigenvalue weighted by molar-refractivity contribution is 5.76. The van der Waals surface area contributed by atoms with Crippen molar-refractivity contribution in [3.8, 4) is 0 Å². The van der Waals surface area contributed by atoms with Crippen LogP contribution in [0.1, 0.15) is 406 Å². The Morgan fingerprint density at radius 2 is 0.608 bits per heavy atom. The summed E-state index contributed by atoms with van der Waals surface area (Å²) in [6.07, 6.45) is 87.1. The van der Waals surface area contributed by atoms with Gasteiger partial charge in [0.2, 0.25) is 5.91 Å². The molecule has 0 spiro atoms. The fourth-order valence-electron chi connectivity index (χ4n) is 11.4. The summed E-state index contributed by atoms with van der Waals surface area (Å²) in [4.78, 5) is 24.5. The van der Waals surface area contributed by atoms with Gasteiger partial charge < -0.3 is 20.3 Å². The summed E-state index contributed by atoms with van der Waals surface area (Å²) in [6.45, 7) is 4.90. The fraction of sp³-hybridized carbons (Fsp3) is 0.918. The molecule has 79 heavy (non-hydrogen) atoms. The van der Waals surface area contributed by atoms with E-state index in [1.165, 1.54) is 334 Å². The van der Waals surface area contributed by atoms with Crippen molar-refractivity contribution in [1.29, 1.82) is 0 Å². The summed E-state index contributed by atoms with van der Waals surface area (Å²) in [7, 11) is 0. The Kier molecular flexibility index (Phi) is 67.4. The average molecular weight is 1110 g/mol. The zero-order chi connectivity index (χ0) is 57.1. The molecule has 0 saturated carbocycles. The van der Waals surface area contributed by atoms with E-state index in [0.29, 0.717) is 19.4 Å². The van der Waals surface area contributed by atoms with Crippen LogP contribution < -0.4 is 5.32 Å². The van der Waals surface area contributed by atoms with Crippen LogP contribution in [0, 0.1) is 0 Å². The number of nitrogens with one attached hydrogen (secondary N) is 1. The number of rotatable bonds is 68. The molecule has 0 fully saturated rings. The molecule has 2 atom stereocenters. The molecule has 6 nitrogen and oxygen atoms in total. The van der Waals surface area contributed by atoms with Gasteiger partial charge in [0.05, 0.1) is 25.4 Å². The molecule has 0 bridgehead atoms. The Hall–Kier alpha value is -1.66. The smallest absolute Gasteiger partial charge is 0.305 e. The second kappa shape index (κ2) is 68.8. The number of carbonyl (C=O) groups excluding carboxylic acids is 2. The Balaban J connectivity index is 3.34. The van der Waals surface area contributed by atoms with Crippen LogP contribution in [0.2, 0.25) is 0 Å². The van der Waals surface area contributed by atoms with Crippen molar-refractivity contribution in [1.82, 2.24) is 5.32 Å². The molecule has 0 aliphatic rings. The van der Waals surface area contributed by atoms with Gasteiger partial charge in [0.25, 0.3) is 0 Å². The number of aliphatic hydroxyl groups is 2. The number of unbranched alkanes of at least 4 members (excludes halogenated alkanes) is 55. The van der Waals surface area contributed by atoms with E-state index in [-0.39, 0.29) is 18.5 Å². The highest BCUT2D eigenvalue weighted by Crippen LogP contribution is 2.19. The van der Waals surface area contributed by atoms with E-state index in [4.69, 9.17) is 4.74 Å². The number of esters is 1. The van der Waals surface area contributed by atoms with Crippen LogP contribution in [0.25, 0.3) is 0 Å². The number of carbonyl (C=O) groups is 2. The summed E-state index contributed by atoms with van der Waals surface area (Å²) < 4.78 is 5.47. The highest BCUT2D eigenvalue weighted by atomic mass is 16.5. The van der Waals surface area contributed by atoms with E-state index in [2.05, 4.69) is 31.3 Å². The SMILES string of the molecule is CCCC/C=C\CCCCCCCC(=O)OCCCCCCCCCCCCCCCCCCCCCCCCCCCCCCCCCCCC(=O)NC(CO)C(O)/C=C/CCCCCCCCCCCCCCCCCC. The monoisotopic (exact) mass is 1110 g/mol. The number of hydrogen-bond donors (Lipinski definition) is 3. The lowest BCUT2D eigenvalue weighted by molar-refractivity contribution is -0.143. The largest absolute Gasteiger partial charge is 0.466 e. The standard InChI is InChI=1S/C73H141NO5/c1-3-5-7-9-11-13-15-16-17-18-36-39-42-46-49-53-57-61-65-71(76)70(69-75)74-72(77)66-62-58-54-50-47-43-40-37-34-32-30-28-26-24-22-20-19-21-23-25-27-29-31-33-35-38-41-44-48-52-56-60-64-68-79-73(78)67-63-59-55-51-45-14-12-10-8-6-4-2/h10,12,61,65,70-71,75-76H,3-9,11,13-60,62-64,66-69H2,1-2H3,(H,74,77)/b12-10-,65-61+. The van der Waals surface area contributed by atoms with Crippen LogP contribution in [-0.2, 0) is 14.3 Å². The van der Waals surface area contributed by atoms with Gasteiger partial charge in [-0.3, -0.25) is 9.59 Å². The van der Waals surface area contributed by atoms with Crippen molar-refractivity contribution in [3.05, 3.63) is 24.3 Å². The summed E-state index contributed by atoms with van der Waals surface area (Å²) in [5.74, 6) is -0.0487. The van der Waals surface area contributed by atoms with Crippen LogP contribution in [0.4, 0.5) is 0 Å². The highest BCUT2D eigenvalue weighted by Gasteiger charge is 2.18. The molecule has 0 aromatic heterocycles. The maximum atomic E-state index is 12.5. The molecule has 2 unspecified atom stereocenters. The molecular weight excluding hydrogens is 971 g/mol. The second-order valence-electron chi connectivity index (χ2n) is 24.9. The average Bonchev–Trinajstić information content (AvgIpc) is 3.45. The number of allylic oxidation sites excluding steroid dienone is 3.